The molecule has 37 heavy (non-hydrogen) atoms. The van der Waals surface area contributed by atoms with E-state index in [1.165, 1.54) is 12.4 Å². The molecule has 192 valence electrons. The topological polar surface area (TPSA) is 87.4 Å². The molecule has 1 aromatic heterocycles. The summed E-state index contributed by atoms with van der Waals surface area (Å²) in [7, 11) is 2.02. The van der Waals surface area contributed by atoms with Gasteiger partial charge in [-0.2, -0.15) is 13.2 Å². The summed E-state index contributed by atoms with van der Waals surface area (Å²) in [6.07, 6.45) is -1.50. The molecule has 0 bridgehead atoms. The summed E-state index contributed by atoms with van der Waals surface area (Å²) in [5.74, 6) is 5.59. The summed E-state index contributed by atoms with van der Waals surface area (Å²) in [4.78, 5) is 25.0. The first kappa shape index (κ1) is 26.1. The molecule has 1 amide bonds. The van der Waals surface area contributed by atoms with E-state index in [2.05, 4.69) is 36.9 Å². The standard InChI is InChI=1S/C27H27F3N6O/c1-18-11-22(6-5-21(18)4-3-19-15-32-26(31)33-16-19)25(37)34-24-13-20(12-23(14-24)27(28,29)30)17-36-9-7-35(2)8-10-36/h5-6,11-16H,7-10,17H2,1-2H3,(H,34,37)(H2,31,32,33). The summed E-state index contributed by atoms with van der Waals surface area (Å²) in [6.45, 7) is 5.44. The average Bonchev–Trinajstić information content (AvgIpc) is 2.85. The maximum atomic E-state index is 13.6. The fraction of sp³-hybridized carbons (Fsp3) is 0.296. The van der Waals surface area contributed by atoms with E-state index in [1.54, 1.807) is 31.2 Å². The van der Waals surface area contributed by atoms with Gasteiger partial charge in [-0.1, -0.05) is 11.8 Å². The number of nitrogens with zero attached hydrogens (tertiary/aromatic N) is 4. The van der Waals surface area contributed by atoms with E-state index in [9.17, 15) is 18.0 Å². The van der Waals surface area contributed by atoms with Gasteiger partial charge in [-0.15, -0.1) is 0 Å². The van der Waals surface area contributed by atoms with Gasteiger partial charge >= 0.3 is 6.18 Å². The molecule has 0 unspecified atom stereocenters. The predicted octanol–water partition coefficient (Wildman–Crippen LogP) is 3.79. The number of aryl methyl sites for hydroxylation is 1. The fourth-order valence-corrected chi connectivity index (χ4v) is 3.97. The third-order valence-corrected chi connectivity index (χ3v) is 6.08. The van der Waals surface area contributed by atoms with Gasteiger partial charge in [0.1, 0.15) is 0 Å². The summed E-state index contributed by atoms with van der Waals surface area (Å²) in [6, 6.07) is 8.65. The van der Waals surface area contributed by atoms with Crippen LogP contribution in [-0.4, -0.2) is 58.9 Å². The molecule has 3 aromatic rings. The number of nitrogens with two attached hydrogens (primary N) is 1. The van der Waals surface area contributed by atoms with Gasteiger partial charge in [0.25, 0.3) is 5.91 Å². The molecule has 1 aliphatic heterocycles. The Morgan fingerprint density at radius 2 is 1.76 bits per heavy atom. The van der Waals surface area contributed by atoms with Crippen LogP contribution in [0, 0.1) is 18.8 Å². The molecule has 0 saturated carbocycles. The zero-order valence-electron chi connectivity index (χ0n) is 20.6. The van der Waals surface area contributed by atoms with Gasteiger partial charge in [0.2, 0.25) is 5.95 Å². The summed E-state index contributed by atoms with van der Waals surface area (Å²) in [5, 5.41) is 2.64. The number of nitrogens with one attached hydrogen (secondary N) is 1. The monoisotopic (exact) mass is 508 g/mol. The fourth-order valence-electron chi connectivity index (χ4n) is 3.97. The first-order valence-electron chi connectivity index (χ1n) is 11.7. The Hall–Kier alpha value is -3.94. The lowest BCUT2D eigenvalue weighted by atomic mass is 10.0. The highest BCUT2D eigenvalue weighted by Crippen LogP contribution is 2.32. The molecular weight excluding hydrogens is 481 g/mol. The second-order valence-corrected chi connectivity index (χ2v) is 9.06. The number of hydrogen-bond donors (Lipinski definition) is 2. The highest BCUT2D eigenvalue weighted by atomic mass is 19.4. The second-order valence-electron chi connectivity index (χ2n) is 9.06. The number of halogens is 3. The Labute approximate surface area is 213 Å². The largest absolute Gasteiger partial charge is 0.416 e. The first-order chi connectivity index (χ1) is 17.6. The van der Waals surface area contributed by atoms with Crippen molar-refractivity contribution in [1.82, 2.24) is 19.8 Å². The highest BCUT2D eigenvalue weighted by Gasteiger charge is 2.31. The van der Waals surface area contributed by atoms with Gasteiger partial charge in [0.15, 0.2) is 0 Å². The Kier molecular flexibility index (Phi) is 7.76. The van der Waals surface area contributed by atoms with Crippen LogP contribution in [0.5, 0.6) is 0 Å². The van der Waals surface area contributed by atoms with E-state index in [-0.39, 0.29) is 11.6 Å². The van der Waals surface area contributed by atoms with E-state index in [4.69, 9.17) is 5.73 Å². The highest BCUT2D eigenvalue weighted by molar-refractivity contribution is 6.04. The first-order valence-corrected chi connectivity index (χ1v) is 11.7. The van der Waals surface area contributed by atoms with Crippen LogP contribution >= 0.6 is 0 Å². The molecule has 3 N–H and O–H groups in total. The van der Waals surface area contributed by atoms with Crippen molar-refractivity contribution in [2.75, 3.05) is 44.3 Å². The van der Waals surface area contributed by atoms with E-state index in [0.29, 0.717) is 28.8 Å². The molecule has 0 radical (unpaired) electrons. The smallest absolute Gasteiger partial charge is 0.368 e. The number of benzene rings is 2. The SMILES string of the molecule is Cc1cc(C(=O)Nc2cc(CN3CCN(C)CC3)cc(C(F)(F)F)c2)ccc1C#Cc1cnc(N)nc1. The Morgan fingerprint density at radius 1 is 1.05 bits per heavy atom. The quantitative estimate of drug-likeness (QED) is 0.522. The second kappa shape index (κ2) is 11.0. The molecule has 0 atom stereocenters. The van der Waals surface area contributed by atoms with Crippen molar-refractivity contribution < 1.29 is 18.0 Å². The number of piperazine rings is 1. The van der Waals surface area contributed by atoms with E-state index in [0.717, 1.165) is 43.9 Å². The van der Waals surface area contributed by atoms with E-state index in [1.807, 2.05) is 7.05 Å². The van der Waals surface area contributed by atoms with Gasteiger partial charge in [-0.25, -0.2) is 9.97 Å². The minimum Gasteiger partial charge on any atom is -0.368 e. The molecule has 1 saturated heterocycles. The molecule has 10 heteroatoms. The number of likely N-dealkylation sites (N-methyl/N-ethyl adjacent to an activating group) is 1. The molecule has 1 fully saturated rings. The third-order valence-electron chi connectivity index (χ3n) is 6.08. The molecule has 1 aliphatic rings. The molecule has 0 spiro atoms. The van der Waals surface area contributed by atoms with E-state index < -0.39 is 17.6 Å². The Morgan fingerprint density at radius 3 is 2.41 bits per heavy atom. The number of amides is 1. The molecule has 7 nitrogen and oxygen atoms in total. The zero-order valence-corrected chi connectivity index (χ0v) is 20.6. The maximum Gasteiger partial charge on any atom is 0.416 e. The lowest BCUT2D eigenvalue weighted by Gasteiger charge is -2.32. The van der Waals surface area contributed by atoms with Gasteiger partial charge in [-0.3, -0.25) is 9.69 Å². The third kappa shape index (κ3) is 7.06. The number of carbonyl (C=O) groups is 1. The molecular formula is C27H27F3N6O. The Balaban J connectivity index is 1.51. The minimum absolute atomic E-state index is 0.105. The molecule has 4 rings (SSSR count). The lowest BCUT2D eigenvalue weighted by molar-refractivity contribution is -0.137. The van der Waals surface area contributed by atoms with Crippen molar-refractivity contribution in [3.05, 3.63) is 82.2 Å². The Bertz CT molecular complexity index is 1340. The van der Waals surface area contributed by atoms with Crippen molar-refractivity contribution in [3.63, 3.8) is 0 Å². The summed E-state index contributed by atoms with van der Waals surface area (Å²) >= 11 is 0. The van der Waals surface area contributed by atoms with Crippen molar-refractivity contribution >= 4 is 17.5 Å². The van der Waals surface area contributed by atoms with Crippen molar-refractivity contribution in [2.45, 2.75) is 19.6 Å². The van der Waals surface area contributed by atoms with Gasteiger partial charge in [0, 0.05) is 61.9 Å². The number of carbonyl (C=O) groups excluding carboxylic acids is 1. The van der Waals surface area contributed by atoms with Crippen molar-refractivity contribution in [1.29, 1.82) is 0 Å². The average molecular weight is 509 g/mol. The number of aromatic nitrogens is 2. The molecule has 2 heterocycles. The number of anilines is 2. The molecule has 2 aromatic carbocycles. The number of rotatable bonds is 4. The van der Waals surface area contributed by atoms with Gasteiger partial charge < -0.3 is 16.0 Å². The van der Waals surface area contributed by atoms with Crippen molar-refractivity contribution in [2.24, 2.45) is 0 Å². The van der Waals surface area contributed by atoms with Crippen molar-refractivity contribution in [3.8, 4) is 11.8 Å². The van der Waals surface area contributed by atoms with Crippen LogP contribution in [-0.2, 0) is 12.7 Å². The van der Waals surface area contributed by atoms with E-state index >= 15 is 0 Å². The number of hydrogen-bond acceptors (Lipinski definition) is 6. The normalized spacial score (nSPS) is 14.6. The maximum absolute atomic E-state index is 13.6. The summed E-state index contributed by atoms with van der Waals surface area (Å²) in [5.41, 5.74) is 7.64. The van der Waals surface area contributed by atoms with Crippen LogP contribution in [0.3, 0.4) is 0 Å². The van der Waals surface area contributed by atoms with Crippen LogP contribution < -0.4 is 11.1 Å². The number of nitrogen functional groups attached to an aromatic ring is 1. The summed E-state index contributed by atoms with van der Waals surface area (Å²) < 4.78 is 40.8. The molecule has 0 aliphatic carbocycles. The van der Waals surface area contributed by atoms with Crippen LogP contribution in [0.15, 0.2) is 48.8 Å². The van der Waals surface area contributed by atoms with Crippen LogP contribution in [0.4, 0.5) is 24.8 Å². The number of alkyl halides is 3. The van der Waals surface area contributed by atoms with Gasteiger partial charge in [-0.05, 0) is 61.5 Å². The minimum atomic E-state index is -4.52. The lowest BCUT2D eigenvalue weighted by Crippen LogP contribution is -2.43. The predicted molar refractivity (Wildman–Crippen MR) is 136 cm³/mol. The van der Waals surface area contributed by atoms with Crippen LogP contribution in [0.2, 0.25) is 0 Å². The van der Waals surface area contributed by atoms with Crippen LogP contribution in [0.1, 0.15) is 38.2 Å². The zero-order chi connectivity index (χ0) is 26.6. The van der Waals surface area contributed by atoms with Gasteiger partial charge in [0.05, 0.1) is 11.1 Å². The van der Waals surface area contributed by atoms with Crippen LogP contribution in [0.25, 0.3) is 0 Å².